The number of aliphatic carboxylic acids is 1. The highest BCUT2D eigenvalue weighted by molar-refractivity contribution is 6.08. The van der Waals surface area contributed by atoms with Crippen molar-refractivity contribution in [2.24, 2.45) is 11.8 Å². The van der Waals surface area contributed by atoms with Gasteiger partial charge in [0.1, 0.15) is 7.85 Å². The zero-order chi connectivity index (χ0) is 8.97. The van der Waals surface area contributed by atoms with Crippen LogP contribution in [-0.4, -0.2) is 32.0 Å². The molecule has 0 bridgehead atoms. The molecule has 1 rings (SSSR count). The van der Waals surface area contributed by atoms with Crippen molar-refractivity contribution in [1.29, 1.82) is 0 Å². The predicted octanol–water partition coefficient (Wildman–Crippen LogP) is -0.262. The Morgan fingerprint density at radius 3 is 2.92 bits per heavy atom. The molecule has 1 aliphatic rings. The maximum atomic E-state index is 10.7. The van der Waals surface area contributed by atoms with Gasteiger partial charge in [0.2, 0.25) is 0 Å². The van der Waals surface area contributed by atoms with E-state index in [0.29, 0.717) is 12.5 Å². The highest BCUT2D eigenvalue weighted by atomic mass is 16.4. The summed E-state index contributed by atoms with van der Waals surface area (Å²) in [6.07, 6.45) is 3.36. The van der Waals surface area contributed by atoms with Crippen LogP contribution in [0.15, 0.2) is 0 Å². The molecule has 1 aliphatic heterocycles. The van der Waals surface area contributed by atoms with Crippen LogP contribution in [0.2, 0.25) is 6.32 Å². The number of carboxylic acid groups (broad SMARTS) is 1. The van der Waals surface area contributed by atoms with E-state index in [-0.39, 0.29) is 5.92 Å². The number of hydrogen-bond donors (Lipinski definition) is 2. The molecule has 2 atom stereocenters. The maximum absolute atomic E-state index is 10.7. The summed E-state index contributed by atoms with van der Waals surface area (Å²) in [5.74, 6) is -0.417. The lowest BCUT2D eigenvalue weighted by Crippen LogP contribution is -2.22. The Bertz CT molecular complexity index is 163. The molecule has 3 nitrogen and oxygen atoms in total. The molecular formula is C8H16BNO2. The van der Waals surface area contributed by atoms with E-state index in [0.717, 1.165) is 25.7 Å². The van der Waals surface area contributed by atoms with E-state index < -0.39 is 5.97 Å². The van der Waals surface area contributed by atoms with Crippen LogP contribution in [-0.2, 0) is 4.79 Å². The normalized spacial score (nSPS) is 29.0. The van der Waals surface area contributed by atoms with Crippen LogP contribution in [0.1, 0.15) is 12.8 Å². The summed E-state index contributed by atoms with van der Waals surface area (Å²) >= 11 is 0. The van der Waals surface area contributed by atoms with Crippen molar-refractivity contribution in [2.45, 2.75) is 19.2 Å². The van der Waals surface area contributed by atoms with Crippen molar-refractivity contribution < 1.29 is 9.90 Å². The molecule has 68 valence electrons. The molecule has 1 fully saturated rings. The molecule has 0 aliphatic carbocycles. The fraction of sp³-hybridized carbons (Fsp3) is 0.875. The molecule has 0 saturated carbocycles. The minimum atomic E-state index is -0.638. The van der Waals surface area contributed by atoms with Gasteiger partial charge >= 0.3 is 5.97 Å². The monoisotopic (exact) mass is 169 g/mol. The second-order valence-electron chi connectivity index (χ2n) is 3.51. The van der Waals surface area contributed by atoms with Gasteiger partial charge in [0.25, 0.3) is 0 Å². The first-order valence-electron chi connectivity index (χ1n) is 4.69. The van der Waals surface area contributed by atoms with Crippen LogP contribution < -0.4 is 5.32 Å². The number of hydrogen-bond acceptors (Lipinski definition) is 2. The highest BCUT2D eigenvalue weighted by Gasteiger charge is 2.31. The van der Waals surface area contributed by atoms with E-state index in [2.05, 4.69) is 13.2 Å². The third-order valence-corrected chi connectivity index (χ3v) is 2.59. The summed E-state index contributed by atoms with van der Waals surface area (Å²) < 4.78 is 0. The van der Waals surface area contributed by atoms with Crippen LogP contribution >= 0.6 is 0 Å². The number of carboxylic acids is 1. The Kier molecular flexibility index (Phi) is 3.60. The molecule has 4 heteroatoms. The summed E-state index contributed by atoms with van der Waals surface area (Å²) in [4.78, 5) is 10.7. The van der Waals surface area contributed by atoms with Crippen LogP contribution in [0.3, 0.4) is 0 Å². The lowest BCUT2D eigenvalue weighted by molar-refractivity contribution is -0.142. The van der Waals surface area contributed by atoms with Crippen LogP contribution in [0, 0.1) is 11.8 Å². The second-order valence-corrected chi connectivity index (χ2v) is 3.51. The Labute approximate surface area is 73.9 Å². The van der Waals surface area contributed by atoms with Crippen molar-refractivity contribution in [1.82, 2.24) is 5.32 Å². The first-order valence-corrected chi connectivity index (χ1v) is 4.69. The van der Waals surface area contributed by atoms with Crippen molar-refractivity contribution in [2.75, 3.05) is 13.1 Å². The van der Waals surface area contributed by atoms with Gasteiger partial charge in [0.05, 0.1) is 5.92 Å². The van der Waals surface area contributed by atoms with Gasteiger partial charge in [-0.1, -0.05) is 12.7 Å². The predicted molar refractivity (Wildman–Crippen MR) is 50.1 cm³/mol. The minimum absolute atomic E-state index is 0.142. The SMILES string of the molecule is BCCC[C@@H]1CNC[C@H]1C(=O)O. The van der Waals surface area contributed by atoms with E-state index in [1.165, 1.54) is 0 Å². The molecule has 0 radical (unpaired) electrons. The van der Waals surface area contributed by atoms with Crippen molar-refractivity contribution in [3.63, 3.8) is 0 Å². The zero-order valence-electron chi connectivity index (χ0n) is 7.55. The minimum Gasteiger partial charge on any atom is -0.481 e. The third kappa shape index (κ3) is 2.24. The summed E-state index contributed by atoms with van der Waals surface area (Å²) in [6.45, 7) is 1.54. The molecule has 1 heterocycles. The second kappa shape index (κ2) is 4.50. The van der Waals surface area contributed by atoms with E-state index in [4.69, 9.17) is 5.11 Å². The van der Waals surface area contributed by atoms with Gasteiger partial charge in [0.15, 0.2) is 0 Å². The maximum Gasteiger partial charge on any atom is 0.308 e. The fourth-order valence-corrected chi connectivity index (χ4v) is 1.79. The molecule has 12 heavy (non-hydrogen) atoms. The quantitative estimate of drug-likeness (QED) is 0.570. The number of carbonyl (C=O) groups is 1. The van der Waals surface area contributed by atoms with Crippen LogP contribution in [0.25, 0.3) is 0 Å². The van der Waals surface area contributed by atoms with E-state index in [1.807, 2.05) is 0 Å². The summed E-state index contributed by atoms with van der Waals surface area (Å²) in [5.41, 5.74) is 0. The summed E-state index contributed by atoms with van der Waals surface area (Å²) in [6, 6.07) is 0. The average Bonchev–Trinajstić information content (AvgIpc) is 2.48. The third-order valence-electron chi connectivity index (χ3n) is 2.59. The van der Waals surface area contributed by atoms with Gasteiger partial charge in [0, 0.05) is 6.54 Å². The first kappa shape index (κ1) is 9.58. The lowest BCUT2D eigenvalue weighted by Gasteiger charge is -2.13. The summed E-state index contributed by atoms with van der Waals surface area (Å²) in [5, 5.41) is 12.0. The molecule has 2 N–H and O–H groups in total. The Morgan fingerprint density at radius 2 is 2.33 bits per heavy atom. The number of nitrogens with one attached hydrogen (secondary N) is 1. The van der Waals surface area contributed by atoms with Gasteiger partial charge in [-0.2, -0.15) is 0 Å². The van der Waals surface area contributed by atoms with Crippen molar-refractivity contribution in [3.05, 3.63) is 0 Å². The topological polar surface area (TPSA) is 49.3 Å². The van der Waals surface area contributed by atoms with Crippen molar-refractivity contribution >= 4 is 13.8 Å². The van der Waals surface area contributed by atoms with Gasteiger partial charge in [-0.15, -0.1) is 0 Å². The highest BCUT2D eigenvalue weighted by Crippen LogP contribution is 2.22. The molecule has 0 amide bonds. The van der Waals surface area contributed by atoms with E-state index in [1.54, 1.807) is 0 Å². The van der Waals surface area contributed by atoms with Gasteiger partial charge in [-0.25, -0.2) is 0 Å². The molecular weight excluding hydrogens is 153 g/mol. The molecule has 0 unspecified atom stereocenters. The number of rotatable bonds is 4. The lowest BCUT2D eigenvalue weighted by atomic mass is 9.88. The van der Waals surface area contributed by atoms with E-state index in [9.17, 15) is 4.79 Å². The van der Waals surface area contributed by atoms with Gasteiger partial charge < -0.3 is 10.4 Å². The first-order chi connectivity index (χ1) is 5.75. The Hall–Kier alpha value is -0.505. The molecule has 0 aromatic rings. The largest absolute Gasteiger partial charge is 0.481 e. The Morgan fingerprint density at radius 1 is 1.58 bits per heavy atom. The Balaban J connectivity index is 2.35. The fourth-order valence-electron chi connectivity index (χ4n) is 1.79. The summed E-state index contributed by atoms with van der Waals surface area (Å²) in [7, 11) is 2.14. The van der Waals surface area contributed by atoms with Gasteiger partial charge in [-0.05, 0) is 18.9 Å². The zero-order valence-corrected chi connectivity index (χ0v) is 7.55. The van der Waals surface area contributed by atoms with Crippen LogP contribution in [0.4, 0.5) is 0 Å². The molecule has 0 aromatic heterocycles. The smallest absolute Gasteiger partial charge is 0.308 e. The molecule has 1 saturated heterocycles. The van der Waals surface area contributed by atoms with Crippen molar-refractivity contribution in [3.8, 4) is 0 Å². The standard InChI is InChI=1S/C8H16BNO2/c9-3-1-2-6-4-10-5-7(6)8(11)12/h6-7,10H,1-5,9H2,(H,11,12)/t6-,7-/m1/s1. The molecule has 0 spiro atoms. The molecule has 0 aromatic carbocycles. The van der Waals surface area contributed by atoms with Gasteiger partial charge in [-0.3, -0.25) is 4.79 Å². The van der Waals surface area contributed by atoms with E-state index >= 15 is 0 Å². The van der Waals surface area contributed by atoms with Crippen LogP contribution in [0.5, 0.6) is 0 Å². The average molecular weight is 169 g/mol.